The second-order valence-corrected chi connectivity index (χ2v) is 6.99. The van der Waals surface area contributed by atoms with Crippen molar-refractivity contribution in [2.45, 2.75) is 38.5 Å². The number of ether oxygens (including phenoxy) is 1. The number of guanidine groups is 1. The summed E-state index contributed by atoms with van der Waals surface area (Å²) in [5, 5.41) is 3.08. The topological polar surface area (TPSA) is 59.6 Å². The van der Waals surface area contributed by atoms with E-state index in [9.17, 15) is 0 Å². The fraction of sp³-hybridized carbons (Fsp3) is 0.533. The van der Waals surface area contributed by atoms with Crippen LogP contribution in [0.15, 0.2) is 29.3 Å². The van der Waals surface area contributed by atoms with Crippen LogP contribution < -0.4 is 15.8 Å². The number of benzene rings is 1. The van der Waals surface area contributed by atoms with E-state index < -0.39 is 0 Å². The molecule has 4 nitrogen and oxygen atoms in total. The van der Waals surface area contributed by atoms with Gasteiger partial charge in [0.05, 0.1) is 12.6 Å². The van der Waals surface area contributed by atoms with Crippen LogP contribution in [0.1, 0.15) is 27.7 Å². The van der Waals surface area contributed by atoms with E-state index in [2.05, 4.69) is 30.4 Å². The molecule has 1 aromatic carbocycles. The van der Waals surface area contributed by atoms with Crippen LogP contribution in [-0.4, -0.2) is 29.6 Å². The molecule has 0 unspecified atom stereocenters. The lowest BCUT2D eigenvalue weighted by Gasteiger charge is -2.19. The smallest absolute Gasteiger partial charge is 0.193 e. The zero-order valence-electron chi connectivity index (χ0n) is 13.3. The number of nitrogens with one attached hydrogen (secondary N) is 1. The molecule has 0 aromatic heterocycles. The lowest BCUT2D eigenvalue weighted by Crippen LogP contribution is -2.27. The van der Waals surface area contributed by atoms with Gasteiger partial charge >= 0.3 is 0 Å². The Morgan fingerprint density at radius 1 is 1.33 bits per heavy atom. The van der Waals surface area contributed by atoms with Crippen LogP contribution in [0, 0.1) is 0 Å². The van der Waals surface area contributed by atoms with E-state index in [4.69, 9.17) is 10.5 Å². The molecule has 1 aromatic rings. The van der Waals surface area contributed by atoms with Gasteiger partial charge in [-0.2, -0.15) is 11.8 Å². The largest absolute Gasteiger partial charge is 0.491 e. The van der Waals surface area contributed by atoms with E-state index >= 15 is 0 Å². The molecule has 1 rings (SSSR count). The number of aliphatic imine (C=N–C) groups is 1. The number of halogens is 1. The van der Waals surface area contributed by atoms with Crippen molar-refractivity contribution in [1.29, 1.82) is 0 Å². The molecule has 0 radical (unpaired) electrons. The Hall–Kier alpha value is -0.630. The normalized spacial score (nSPS) is 12.0. The molecule has 120 valence electrons. The standard InChI is InChI=1S/C15H25N3OS.HI/c1-11(2)19-13-8-6-12(7-9-13)18-14(16)17-10-15(3,4)20-5;/h6-9,11H,10H2,1-5H3,(H3,16,17,18);1H. The van der Waals surface area contributed by atoms with Crippen LogP contribution in [0.5, 0.6) is 5.75 Å². The number of nitrogens with two attached hydrogens (primary N) is 1. The van der Waals surface area contributed by atoms with Crippen LogP contribution >= 0.6 is 35.7 Å². The minimum atomic E-state index is 0. The van der Waals surface area contributed by atoms with Gasteiger partial charge in [-0.1, -0.05) is 0 Å². The summed E-state index contributed by atoms with van der Waals surface area (Å²) in [7, 11) is 0. The van der Waals surface area contributed by atoms with Crippen molar-refractivity contribution >= 4 is 47.4 Å². The SMILES string of the molecule is CSC(C)(C)CN=C(N)Nc1ccc(OC(C)C)cc1.I. The second kappa shape index (κ2) is 9.40. The van der Waals surface area contributed by atoms with Crippen LogP contribution in [0.4, 0.5) is 5.69 Å². The third-order valence-corrected chi connectivity index (χ3v) is 3.92. The predicted molar refractivity (Wildman–Crippen MR) is 105 cm³/mol. The highest BCUT2D eigenvalue weighted by Gasteiger charge is 2.14. The van der Waals surface area contributed by atoms with Gasteiger partial charge in [-0.25, -0.2) is 0 Å². The van der Waals surface area contributed by atoms with Gasteiger partial charge in [0.15, 0.2) is 5.96 Å². The predicted octanol–water partition coefficient (Wildman–Crippen LogP) is 3.96. The van der Waals surface area contributed by atoms with Crippen molar-refractivity contribution < 1.29 is 4.74 Å². The van der Waals surface area contributed by atoms with Gasteiger partial charge in [0.25, 0.3) is 0 Å². The highest BCUT2D eigenvalue weighted by atomic mass is 127. The minimum Gasteiger partial charge on any atom is -0.491 e. The molecule has 0 bridgehead atoms. The lowest BCUT2D eigenvalue weighted by atomic mass is 10.2. The number of hydrogen-bond donors (Lipinski definition) is 2. The van der Waals surface area contributed by atoms with Gasteiger partial charge in [-0.05, 0) is 58.2 Å². The molecule has 0 aliphatic carbocycles. The molecular formula is C15H26IN3OS. The van der Waals surface area contributed by atoms with E-state index in [1.54, 1.807) is 11.8 Å². The number of rotatable bonds is 6. The molecule has 21 heavy (non-hydrogen) atoms. The first kappa shape index (κ1) is 20.4. The fourth-order valence-electron chi connectivity index (χ4n) is 1.42. The molecule has 3 N–H and O–H groups in total. The van der Waals surface area contributed by atoms with Crippen molar-refractivity contribution in [1.82, 2.24) is 0 Å². The molecule has 0 fully saturated rings. The Bertz CT molecular complexity index is 447. The third kappa shape index (κ3) is 8.40. The fourth-order valence-corrected chi connectivity index (χ4v) is 1.61. The summed E-state index contributed by atoms with van der Waals surface area (Å²) in [5.74, 6) is 1.29. The maximum Gasteiger partial charge on any atom is 0.193 e. The average molecular weight is 423 g/mol. The van der Waals surface area contributed by atoms with Gasteiger partial charge in [0.1, 0.15) is 5.75 Å². The van der Waals surface area contributed by atoms with E-state index in [-0.39, 0.29) is 34.8 Å². The summed E-state index contributed by atoms with van der Waals surface area (Å²) in [6.45, 7) is 8.98. The molecular weight excluding hydrogens is 397 g/mol. The molecule has 0 heterocycles. The van der Waals surface area contributed by atoms with Gasteiger partial charge in [-0.15, -0.1) is 24.0 Å². The second-order valence-electron chi connectivity index (χ2n) is 5.48. The Morgan fingerprint density at radius 2 is 1.90 bits per heavy atom. The first-order valence-corrected chi connectivity index (χ1v) is 7.94. The van der Waals surface area contributed by atoms with E-state index in [1.165, 1.54) is 0 Å². The summed E-state index contributed by atoms with van der Waals surface area (Å²) < 4.78 is 5.69. The van der Waals surface area contributed by atoms with Gasteiger partial charge < -0.3 is 15.8 Å². The quantitative estimate of drug-likeness (QED) is 0.413. The van der Waals surface area contributed by atoms with Crippen molar-refractivity contribution in [2.75, 3.05) is 18.1 Å². The molecule has 0 aliphatic heterocycles. The minimum absolute atomic E-state index is 0. The van der Waals surface area contributed by atoms with Gasteiger partial charge in [0.2, 0.25) is 0 Å². The number of nitrogens with zero attached hydrogens (tertiary/aromatic N) is 1. The number of thioether (sulfide) groups is 1. The van der Waals surface area contributed by atoms with E-state index in [0.29, 0.717) is 12.5 Å². The number of anilines is 1. The first-order valence-electron chi connectivity index (χ1n) is 6.71. The molecule has 0 aliphatic rings. The summed E-state index contributed by atoms with van der Waals surface area (Å²) in [6, 6.07) is 7.70. The summed E-state index contributed by atoms with van der Waals surface area (Å²) >= 11 is 1.78. The summed E-state index contributed by atoms with van der Waals surface area (Å²) in [6.07, 6.45) is 2.25. The Labute approximate surface area is 149 Å². The van der Waals surface area contributed by atoms with Crippen molar-refractivity contribution in [3.8, 4) is 5.75 Å². The number of hydrogen-bond acceptors (Lipinski definition) is 3. The van der Waals surface area contributed by atoms with Crippen LogP contribution in [0.25, 0.3) is 0 Å². The van der Waals surface area contributed by atoms with Crippen molar-refractivity contribution in [3.05, 3.63) is 24.3 Å². The van der Waals surface area contributed by atoms with E-state index in [0.717, 1.165) is 11.4 Å². The Morgan fingerprint density at radius 3 is 2.38 bits per heavy atom. The first-order chi connectivity index (χ1) is 9.32. The zero-order chi connectivity index (χ0) is 15.2. The van der Waals surface area contributed by atoms with Crippen molar-refractivity contribution in [2.24, 2.45) is 10.7 Å². The third-order valence-electron chi connectivity index (χ3n) is 2.68. The highest BCUT2D eigenvalue weighted by Crippen LogP contribution is 2.21. The van der Waals surface area contributed by atoms with Crippen LogP contribution in [0.2, 0.25) is 0 Å². The summed E-state index contributed by atoms with van der Waals surface area (Å²) in [5.41, 5.74) is 6.79. The van der Waals surface area contributed by atoms with Crippen LogP contribution in [0.3, 0.4) is 0 Å². The molecule has 0 spiro atoms. The van der Waals surface area contributed by atoms with Gasteiger partial charge in [0, 0.05) is 10.4 Å². The monoisotopic (exact) mass is 423 g/mol. The molecule has 0 amide bonds. The van der Waals surface area contributed by atoms with Crippen LogP contribution in [-0.2, 0) is 0 Å². The molecule has 0 saturated carbocycles. The van der Waals surface area contributed by atoms with E-state index in [1.807, 2.05) is 38.1 Å². The Kier molecular flexibility index (Phi) is 9.12. The zero-order valence-corrected chi connectivity index (χ0v) is 16.5. The lowest BCUT2D eigenvalue weighted by molar-refractivity contribution is 0.242. The Balaban J connectivity index is 0.00000400. The van der Waals surface area contributed by atoms with Gasteiger partial charge in [-0.3, -0.25) is 4.99 Å². The molecule has 0 atom stereocenters. The summed E-state index contributed by atoms with van der Waals surface area (Å²) in [4.78, 5) is 4.36. The molecule has 6 heteroatoms. The molecule has 0 saturated heterocycles. The maximum atomic E-state index is 5.88. The van der Waals surface area contributed by atoms with Crippen molar-refractivity contribution in [3.63, 3.8) is 0 Å². The average Bonchev–Trinajstić information content (AvgIpc) is 2.38. The highest BCUT2D eigenvalue weighted by molar-refractivity contribution is 14.0. The maximum absolute atomic E-state index is 5.88.